The van der Waals surface area contributed by atoms with E-state index in [0.717, 1.165) is 19.4 Å². The molecule has 1 amide bonds. The van der Waals surface area contributed by atoms with Gasteiger partial charge in [0.05, 0.1) is 17.0 Å². The van der Waals surface area contributed by atoms with Crippen molar-refractivity contribution in [3.05, 3.63) is 79.1 Å². The Kier molecular flexibility index (Phi) is 8.53. The number of nitrogens with zero attached hydrogens (tertiary/aromatic N) is 4. The van der Waals surface area contributed by atoms with E-state index in [2.05, 4.69) is 40.8 Å². The fraction of sp³-hybridized carbons (Fsp3) is 0.320. The van der Waals surface area contributed by atoms with Crippen molar-refractivity contribution in [2.75, 3.05) is 18.1 Å². The molecule has 1 aromatic carbocycles. The molecule has 1 atom stereocenters. The molecule has 1 unspecified atom stereocenters. The van der Waals surface area contributed by atoms with Crippen LogP contribution in [0.2, 0.25) is 0 Å². The van der Waals surface area contributed by atoms with E-state index in [1.165, 1.54) is 12.1 Å². The molecule has 0 aliphatic carbocycles. The fourth-order valence-corrected chi connectivity index (χ4v) is 4.20. The van der Waals surface area contributed by atoms with Gasteiger partial charge in [-0.3, -0.25) is 15.2 Å². The number of amides is 1. The number of hydrazine groups is 2. The van der Waals surface area contributed by atoms with Gasteiger partial charge in [0.2, 0.25) is 11.7 Å². The van der Waals surface area contributed by atoms with E-state index in [4.69, 9.17) is 4.52 Å². The Morgan fingerprint density at radius 3 is 2.74 bits per heavy atom. The summed E-state index contributed by atoms with van der Waals surface area (Å²) in [6.07, 6.45) is 3.85. The summed E-state index contributed by atoms with van der Waals surface area (Å²) in [5.74, 6) is -0.687. The molecule has 35 heavy (non-hydrogen) atoms. The minimum Gasteiger partial charge on any atom is -0.343 e. The maximum atomic E-state index is 14.6. The molecule has 4 rings (SSSR count). The quantitative estimate of drug-likeness (QED) is 0.452. The number of hydrogen-bond acceptors (Lipinski definition) is 7. The zero-order chi connectivity index (χ0) is 25.5. The maximum absolute atomic E-state index is 14.6. The third kappa shape index (κ3) is 5.65. The number of carbonyl (C=O) groups is 1. The lowest BCUT2D eigenvalue weighted by Crippen LogP contribution is -2.41. The minimum atomic E-state index is -0.670. The Hall–Kier alpha value is -3.79. The molecule has 0 bridgehead atoms. The van der Waals surface area contributed by atoms with Gasteiger partial charge in [0.15, 0.2) is 0 Å². The second-order valence-corrected chi connectivity index (χ2v) is 8.05. The predicted molar refractivity (Wildman–Crippen MR) is 131 cm³/mol. The molecular weight excluding hydrogens is 454 g/mol. The number of para-hydroxylation sites is 1. The number of piperidine rings is 1. The van der Waals surface area contributed by atoms with Gasteiger partial charge in [-0.15, -0.1) is 18.7 Å². The van der Waals surface area contributed by atoms with Crippen molar-refractivity contribution < 1.29 is 18.1 Å². The molecule has 1 saturated heterocycles. The molecule has 2 aromatic rings. The highest BCUT2D eigenvalue weighted by Crippen LogP contribution is 2.34. The number of halogens is 2. The van der Waals surface area contributed by atoms with Crippen LogP contribution in [0.25, 0.3) is 11.3 Å². The summed E-state index contributed by atoms with van der Waals surface area (Å²) < 4.78 is 33.8. The number of anilines is 1. The molecule has 2 aliphatic rings. The molecule has 0 saturated carbocycles. The Bertz CT molecular complexity index is 1140. The number of aromatic nitrogens is 2. The molecule has 3 heterocycles. The van der Waals surface area contributed by atoms with Crippen molar-refractivity contribution in [2.45, 2.75) is 33.1 Å². The van der Waals surface area contributed by atoms with Crippen LogP contribution in [0.1, 0.15) is 44.8 Å². The van der Waals surface area contributed by atoms with Crippen LogP contribution in [0.5, 0.6) is 0 Å². The summed E-state index contributed by atoms with van der Waals surface area (Å²) in [5.41, 5.74) is 7.57. The van der Waals surface area contributed by atoms with Crippen LogP contribution in [-0.2, 0) is 4.79 Å². The molecule has 1 aromatic heterocycles. The number of hydrogen-bond donors (Lipinski definition) is 2. The first-order valence-corrected chi connectivity index (χ1v) is 11.3. The Morgan fingerprint density at radius 2 is 2.09 bits per heavy atom. The summed E-state index contributed by atoms with van der Waals surface area (Å²) in [4.78, 5) is 18.1. The maximum Gasteiger partial charge on any atom is 0.277 e. The molecule has 8 nitrogen and oxygen atoms in total. The van der Waals surface area contributed by atoms with Gasteiger partial charge in [0, 0.05) is 20.0 Å². The monoisotopic (exact) mass is 484 g/mol. The molecule has 2 aliphatic heterocycles. The summed E-state index contributed by atoms with van der Waals surface area (Å²) in [6.45, 7) is 13.9. The van der Waals surface area contributed by atoms with Crippen molar-refractivity contribution in [3.8, 4) is 0 Å². The lowest BCUT2D eigenvalue weighted by atomic mass is 9.92. The number of allylic oxidation sites excluding steroid dienone is 4. The summed E-state index contributed by atoms with van der Waals surface area (Å²) >= 11 is 0. The van der Waals surface area contributed by atoms with E-state index in [0.29, 0.717) is 30.0 Å². The van der Waals surface area contributed by atoms with Gasteiger partial charge in [-0.2, -0.15) is 4.98 Å². The average molecular weight is 485 g/mol. The van der Waals surface area contributed by atoms with Crippen LogP contribution in [0.15, 0.2) is 66.1 Å². The summed E-state index contributed by atoms with van der Waals surface area (Å²) in [5, 5.41) is 5.49. The molecule has 10 heteroatoms. The van der Waals surface area contributed by atoms with E-state index in [-0.39, 0.29) is 29.1 Å². The number of rotatable bonds is 6. The van der Waals surface area contributed by atoms with Crippen LogP contribution >= 0.6 is 0 Å². The Morgan fingerprint density at radius 1 is 1.34 bits per heavy atom. The van der Waals surface area contributed by atoms with Crippen molar-refractivity contribution in [1.29, 1.82) is 0 Å². The normalized spacial score (nSPS) is 18.2. The molecule has 0 radical (unpaired) electrons. The van der Waals surface area contributed by atoms with Crippen molar-refractivity contribution in [2.24, 2.45) is 5.92 Å². The topological polar surface area (TPSA) is 86.5 Å². The first-order chi connectivity index (χ1) is 16.9. The van der Waals surface area contributed by atoms with Crippen LogP contribution < -0.4 is 16.0 Å². The third-order valence-corrected chi connectivity index (χ3v) is 5.85. The summed E-state index contributed by atoms with van der Waals surface area (Å²) in [7, 11) is 0. The fourth-order valence-electron chi connectivity index (χ4n) is 4.20. The second kappa shape index (κ2) is 11.6. The van der Waals surface area contributed by atoms with Gasteiger partial charge in [0.1, 0.15) is 17.3 Å². The van der Waals surface area contributed by atoms with Gasteiger partial charge in [-0.05, 0) is 44.2 Å². The second-order valence-electron chi connectivity index (χ2n) is 8.05. The van der Waals surface area contributed by atoms with Gasteiger partial charge in [-0.1, -0.05) is 29.9 Å². The summed E-state index contributed by atoms with van der Waals surface area (Å²) in [6, 6.07) is 6.38. The molecule has 186 valence electrons. The largest absolute Gasteiger partial charge is 0.343 e. The average Bonchev–Trinajstić information content (AvgIpc) is 3.48. The highest BCUT2D eigenvalue weighted by Gasteiger charge is 2.33. The highest BCUT2D eigenvalue weighted by atomic mass is 19.1. The SMILES string of the molecule is C=C.C=C(F)/C(=C\C)c1noc(C2=C(CC3CCCN(C(C)=O)C3)N(c3ccccc3F)NN2)n1. The van der Waals surface area contributed by atoms with Gasteiger partial charge >= 0.3 is 0 Å². The smallest absolute Gasteiger partial charge is 0.277 e. The van der Waals surface area contributed by atoms with E-state index < -0.39 is 11.6 Å². The first-order valence-electron chi connectivity index (χ1n) is 11.3. The number of carbonyl (C=O) groups excluding carboxylic acids is 1. The van der Waals surface area contributed by atoms with Crippen LogP contribution in [-0.4, -0.2) is 34.0 Å². The van der Waals surface area contributed by atoms with Gasteiger partial charge in [-0.25, -0.2) is 8.78 Å². The van der Waals surface area contributed by atoms with E-state index in [1.54, 1.807) is 37.1 Å². The zero-order valence-electron chi connectivity index (χ0n) is 20.0. The Labute approximate surface area is 203 Å². The lowest BCUT2D eigenvalue weighted by Gasteiger charge is -2.33. The van der Waals surface area contributed by atoms with E-state index in [1.807, 2.05) is 4.90 Å². The minimum absolute atomic E-state index is 0.0365. The molecular formula is C25H30F2N6O2. The Balaban J connectivity index is 0.00000167. The van der Waals surface area contributed by atoms with Crippen LogP contribution in [0.3, 0.4) is 0 Å². The molecule has 2 N–H and O–H groups in total. The van der Waals surface area contributed by atoms with Crippen molar-refractivity contribution in [1.82, 2.24) is 26.0 Å². The molecule has 0 spiro atoms. The molecule has 1 fully saturated rings. The standard InChI is InChI=1S/C23H26F2N6O2.C2H4/c1-4-17(14(2)24)22-26-23(33-28-22)21-20(12-16-8-7-11-30(13-16)15(3)32)31(29-27-21)19-10-6-5-9-18(19)25;1-2/h4-6,9-10,16,27,29H,2,7-8,11-13H2,1,3H3;1-2H2/b17-4+;. The number of nitrogens with one attached hydrogen (secondary N) is 2. The predicted octanol–water partition coefficient (Wildman–Crippen LogP) is 4.74. The van der Waals surface area contributed by atoms with Crippen molar-refractivity contribution in [3.63, 3.8) is 0 Å². The number of benzene rings is 1. The highest BCUT2D eigenvalue weighted by molar-refractivity contribution is 5.75. The third-order valence-electron chi connectivity index (χ3n) is 5.85. The first kappa shape index (κ1) is 25.8. The van der Waals surface area contributed by atoms with Gasteiger partial charge in [0.25, 0.3) is 5.89 Å². The van der Waals surface area contributed by atoms with E-state index >= 15 is 0 Å². The van der Waals surface area contributed by atoms with Gasteiger partial charge < -0.3 is 9.42 Å². The van der Waals surface area contributed by atoms with Crippen LogP contribution in [0, 0.1) is 11.7 Å². The van der Waals surface area contributed by atoms with Crippen molar-refractivity contribution >= 4 is 22.9 Å². The van der Waals surface area contributed by atoms with E-state index in [9.17, 15) is 13.6 Å². The number of likely N-dealkylation sites (tertiary alicyclic amines) is 1. The van der Waals surface area contributed by atoms with Crippen LogP contribution in [0.4, 0.5) is 14.5 Å². The zero-order valence-corrected chi connectivity index (χ0v) is 20.0. The lowest BCUT2D eigenvalue weighted by molar-refractivity contribution is -0.130.